The van der Waals surface area contributed by atoms with Gasteiger partial charge in [-0.1, -0.05) is 6.92 Å². The first-order valence-electron chi connectivity index (χ1n) is 7.25. The lowest BCUT2D eigenvalue weighted by Gasteiger charge is -2.45. The molecule has 2 fully saturated rings. The van der Waals surface area contributed by atoms with E-state index in [0.717, 1.165) is 24.6 Å². The zero-order valence-electron chi connectivity index (χ0n) is 12.4. The second-order valence-corrected chi connectivity index (χ2v) is 5.58. The van der Waals surface area contributed by atoms with E-state index in [1.807, 2.05) is 6.92 Å². The standard InChI is InChI=1S/C13H20N6O2/c1-3-10-14-11(16-15-10)7-18-4-5-19-9(6-18)13(21)17(2)8-12(19)20/h9H,3-8H2,1-2H3,(H,14,15,16)/t9-/m0/s1. The first kappa shape index (κ1) is 14.0. The van der Waals surface area contributed by atoms with Gasteiger partial charge in [0.05, 0.1) is 13.1 Å². The average Bonchev–Trinajstić information content (AvgIpc) is 2.92. The number of carbonyl (C=O) groups is 2. The van der Waals surface area contributed by atoms with E-state index in [4.69, 9.17) is 0 Å². The summed E-state index contributed by atoms with van der Waals surface area (Å²) >= 11 is 0. The quantitative estimate of drug-likeness (QED) is 0.760. The first-order valence-corrected chi connectivity index (χ1v) is 7.25. The molecule has 0 unspecified atom stereocenters. The van der Waals surface area contributed by atoms with Crippen molar-refractivity contribution < 1.29 is 9.59 Å². The molecule has 3 rings (SSSR count). The highest BCUT2D eigenvalue weighted by Gasteiger charge is 2.41. The summed E-state index contributed by atoms with van der Waals surface area (Å²) in [7, 11) is 1.68. The molecule has 0 bridgehead atoms. The highest BCUT2D eigenvalue weighted by Crippen LogP contribution is 2.18. The zero-order chi connectivity index (χ0) is 15.0. The number of nitrogens with zero attached hydrogens (tertiary/aromatic N) is 5. The number of likely N-dealkylation sites (N-methyl/N-ethyl adjacent to an activating group) is 1. The molecule has 0 aromatic carbocycles. The van der Waals surface area contributed by atoms with Crippen LogP contribution >= 0.6 is 0 Å². The van der Waals surface area contributed by atoms with Crippen LogP contribution in [-0.4, -0.2) is 81.0 Å². The van der Waals surface area contributed by atoms with Gasteiger partial charge in [-0.3, -0.25) is 19.6 Å². The number of aromatic nitrogens is 3. The fourth-order valence-electron chi connectivity index (χ4n) is 2.89. The third kappa shape index (κ3) is 2.63. The molecule has 1 atom stereocenters. The molecule has 114 valence electrons. The van der Waals surface area contributed by atoms with E-state index in [0.29, 0.717) is 19.6 Å². The molecule has 1 aromatic heterocycles. The minimum absolute atomic E-state index is 0.0196. The van der Waals surface area contributed by atoms with Crippen molar-refractivity contribution in [1.82, 2.24) is 29.9 Å². The summed E-state index contributed by atoms with van der Waals surface area (Å²) in [6.45, 7) is 4.73. The Kier molecular flexibility index (Phi) is 3.62. The van der Waals surface area contributed by atoms with Crippen LogP contribution in [0.5, 0.6) is 0 Å². The number of aryl methyl sites for hydroxylation is 1. The molecule has 0 saturated carbocycles. The Balaban J connectivity index is 1.67. The fraction of sp³-hybridized carbons (Fsp3) is 0.692. The van der Waals surface area contributed by atoms with Gasteiger partial charge in [0.1, 0.15) is 17.7 Å². The van der Waals surface area contributed by atoms with Crippen LogP contribution in [0.4, 0.5) is 0 Å². The van der Waals surface area contributed by atoms with Gasteiger partial charge < -0.3 is 9.80 Å². The van der Waals surface area contributed by atoms with E-state index in [-0.39, 0.29) is 24.4 Å². The topological polar surface area (TPSA) is 85.4 Å². The Hall–Kier alpha value is -1.96. The van der Waals surface area contributed by atoms with E-state index in [2.05, 4.69) is 20.1 Å². The zero-order valence-corrected chi connectivity index (χ0v) is 12.4. The van der Waals surface area contributed by atoms with Gasteiger partial charge >= 0.3 is 0 Å². The summed E-state index contributed by atoms with van der Waals surface area (Å²) in [5.74, 6) is 1.66. The summed E-state index contributed by atoms with van der Waals surface area (Å²) in [5, 5.41) is 7.04. The van der Waals surface area contributed by atoms with Crippen LogP contribution < -0.4 is 0 Å². The van der Waals surface area contributed by atoms with Crippen LogP contribution in [0.25, 0.3) is 0 Å². The van der Waals surface area contributed by atoms with E-state index in [1.165, 1.54) is 4.90 Å². The second kappa shape index (κ2) is 5.44. The molecule has 0 radical (unpaired) electrons. The largest absolute Gasteiger partial charge is 0.335 e. The number of carbonyl (C=O) groups excluding carboxylic acids is 2. The Morgan fingerprint density at radius 1 is 1.33 bits per heavy atom. The van der Waals surface area contributed by atoms with Gasteiger partial charge in [-0.25, -0.2) is 4.98 Å². The Bertz CT molecular complexity index is 557. The molecule has 3 heterocycles. The van der Waals surface area contributed by atoms with E-state index < -0.39 is 0 Å². The van der Waals surface area contributed by atoms with Crippen molar-refractivity contribution in [1.29, 1.82) is 0 Å². The summed E-state index contributed by atoms with van der Waals surface area (Å²) in [6, 6.07) is -0.362. The van der Waals surface area contributed by atoms with Crippen molar-refractivity contribution >= 4 is 11.8 Å². The van der Waals surface area contributed by atoms with Gasteiger partial charge in [-0.15, -0.1) is 0 Å². The van der Waals surface area contributed by atoms with Crippen LogP contribution in [0.1, 0.15) is 18.6 Å². The molecule has 1 N–H and O–H groups in total. The van der Waals surface area contributed by atoms with Crippen molar-refractivity contribution in [3.8, 4) is 0 Å². The van der Waals surface area contributed by atoms with Crippen LogP contribution in [-0.2, 0) is 22.6 Å². The average molecular weight is 292 g/mol. The maximum atomic E-state index is 12.2. The number of hydrogen-bond acceptors (Lipinski definition) is 5. The van der Waals surface area contributed by atoms with Gasteiger partial charge in [0.15, 0.2) is 0 Å². The number of aromatic amines is 1. The van der Waals surface area contributed by atoms with Crippen molar-refractivity contribution in [3.05, 3.63) is 11.6 Å². The van der Waals surface area contributed by atoms with Crippen LogP contribution in [0.2, 0.25) is 0 Å². The molecule has 0 spiro atoms. The monoisotopic (exact) mass is 292 g/mol. The Morgan fingerprint density at radius 3 is 2.86 bits per heavy atom. The molecule has 8 heteroatoms. The highest BCUT2D eigenvalue weighted by molar-refractivity contribution is 5.95. The van der Waals surface area contributed by atoms with Crippen LogP contribution in [0.3, 0.4) is 0 Å². The summed E-state index contributed by atoms with van der Waals surface area (Å²) in [6.07, 6.45) is 0.796. The lowest BCUT2D eigenvalue weighted by atomic mass is 10.1. The number of nitrogens with one attached hydrogen (secondary N) is 1. The molecule has 8 nitrogen and oxygen atoms in total. The number of H-pyrrole nitrogens is 1. The SMILES string of the molecule is CCc1n[nH]c(CN2CCN3C(=O)CN(C)C(=O)[C@@H]3C2)n1. The van der Waals surface area contributed by atoms with Crippen molar-refractivity contribution in [2.45, 2.75) is 25.9 Å². The summed E-state index contributed by atoms with van der Waals surface area (Å²) in [5.41, 5.74) is 0. The molecular formula is C13H20N6O2. The number of piperazine rings is 2. The summed E-state index contributed by atoms with van der Waals surface area (Å²) < 4.78 is 0. The normalized spacial score (nSPS) is 23.6. The van der Waals surface area contributed by atoms with E-state index in [1.54, 1.807) is 11.9 Å². The third-order valence-corrected chi connectivity index (χ3v) is 4.09. The lowest BCUT2D eigenvalue weighted by molar-refractivity contribution is -0.158. The molecule has 0 aliphatic carbocycles. The Morgan fingerprint density at radius 2 is 2.14 bits per heavy atom. The van der Waals surface area contributed by atoms with Crippen LogP contribution in [0.15, 0.2) is 0 Å². The smallest absolute Gasteiger partial charge is 0.246 e. The fourth-order valence-corrected chi connectivity index (χ4v) is 2.89. The van der Waals surface area contributed by atoms with Gasteiger partial charge in [-0.05, 0) is 0 Å². The number of rotatable bonds is 3. The predicted molar refractivity (Wildman–Crippen MR) is 74.2 cm³/mol. The van der Waals surface area contributed by atoms with Crippen molar-refractivity contribution in [2.24, 2.45) is 0 Å². The molecule has 2 saturated heterocycles. The van der Waals surface area contributed by atoms with Gasteiger partial charge in [-0.2, -0.15) is 5.10 Å². The number of hydrogen-bond donors (Lipinski definition) is 1. The predicted octanol–water partition coefficient (Wildman–Crippen LogP) is -1.15. The summed E-state index contributed by atoms with van der Waals surface area (Å²) in [4.78, 5) is 34.0. The molecule has 2 aliphatic heterocycles. The number of fused-ring (bicyclic) bond motifs is 1. The maximum absolute atomic E-state index is 12.2. The first-order chi connectivity index (χ1) is 10.1. The van der Waals surface area contributed by atoms with Gasteiger partial charge in [0.2, 0.25) is 11.8 Å². The molecule has 2 amide bonds. The van der Waals surface area contributed by atoms with Gasteiger partial charge in [0, 0.05) is 33.1 Å². The van der Waals surface area contributed by atoms with Crippen molar-refractivity contribution in [3.63, 3.8) is 0 Å². The molecule has 21 heavy (non-hydrogen) atoms. The molecule has 1 aromatic rings. The minimum atomic E-state index is -0.362. The van der Waals surface area contributed by atoms with E-state index >= 15 is 0 Å². The van der Waals surface area contributed by atoms with Gasteiger partial charge in [0.25, 0.3) is 0 Å². The molecule has 2 aliphatic rings. The molecular weight excluding hydrogens is 272 g/mol. The van der Waals surface area contributed by atoms with Crippen LogP contribution in [0, 0.1) is 0 Å². The highest BCUT2D eigenvalue weighted by atomic mass is 16.2. The maximum Gasteiger partial charge on any atom is 0.246 e. The number of amides is 2. The second-order valence-electron chi connectivity index (χ2n) is 5.58. The Labute approximate surface area is 123 Å². The lowest BCUT2D eigenvalue weighted by Crippen LogP contribution is -2.65. The van der Waals surface area contributed by atoms with Crippen molar-refractivity contribution in [2.75, 3.05) is 33.2 Å². The third-order valence-electron chi connectivity index (χ3n) is 4.09. The minimum Gasteiger partial charge on any atom is -0.335 e. The van der Waals surface area contributed by atoms with E-state index in [9.17, 15) is 9.59 Å².